The molecule has 1 aliphatic heterocycles. The van der Waals surface area contributed by atoms with Gasteiger partial charge >= 0.3 is 5.97 Å². The molecule has 1 rings (SSSR count). The van der Waals surface area contributed by atoms with E-state index in [0.717, 1.165) is 10.7 Å². The molecule has 1 heterocycles. The molecule has 1 aliphatic rings. The first kappa shape index (κ1) is 15.4. The molecular weight excluding hydrogens is 256 g/mol. The van der Waals surface area contributed by atoms with Crippen LogP contribution in [0.15, 0.2) is 0 Å². The van der Waals surface area contributed by atoms with Crippen LogP contribution in [0, 0.1) is 0 Å². The number of carboxylic acids is 1. The molecule has 0 spiro atoms. The lowest BCUT2D eigenvalue weighted by Gasteiger charge is -2.21. The van der Waals surface area contributed by atoms with E-state index in [2.05, 4.69) is 5.32 Å². The van der Waals surface area contributed by atoms with Crippen molar-refractivity contribution in [3.8, 4) is 0 Å². The third-order valence-corrected chi connectivity index (χ3v) is 5.18. The Labute approximate surface area is 108 Å². The number of aliphatic carboxylic acids is 1. The van der Waals surface area contributed by atoms with Gasteiger partial charge in [0.1, 0.15) is 6.04 Å². The fourth-order valence-electron chi connectivity index (χ4n) is 2.02. The van der Waals surface area contributed by atoms with Crippen molar-refractivity contribution in [3.63, 3.8) is 0 Å². The average molecular weight is 278 g/mol. The van der Waals surface area contributed by atoms with Gasteiger partial charge in [0.15, 0.2) is 0 Å². The van der Waals surface area contributed by atoms with E-state index in [0.29, 0.717) is 25.9 Å². The zero-order valence-corrected chi connectivity index (χ0v) is 11.7. The molecule has 106 valence electrons. The lowest BCUT2D eigenvalue weighted by molar-refractivity contribution is -0.140. The molecule has 2 N–H and O–H groups in total. The van der Waals surface area contributed by atoms with Crippen molar-refractivity contribution >= 4 is 16.0 Å². The van der Waals surface area contributed by atoms with Crippen molar-refractivity contribution in [2.75, 3.05) is 18.8 Å². The molecule has 18 heavy (non-hydrogen) atoms. The van der Waals surface area contributed by atoms with Gasteiger partial charge in [-0.25, -0.2) is 8.42 Å². The predicted molar refractivity (Wildman–Crippen MR) is 68.9 cm³/mol. The summed E-state index contributed by atoms with van der Waals surface area (Å²) < 4.78 is 25.2. The number of nitrogens with zero attached hydrogens (tertiary/aromatic N) is 1. The average Bonchev–Trinajstić information content (AvgIpc) is 2.78. The van der Waals surface area contributed by atoms with Crippen LogP contribution >= 0.6 is 0 Å². The second-order valence-electron chi connectivity index (χ2n) is 4.69. The van der Waals surface area contributed by atoms with Crippen molar-refractivity contribution in [2.45, 2.75) is 45.2 Å². The fourth-order valence-corrected chi connectivity index (χ4v) is 3.62. The molecule has 1 fully saturated rings. The van der Waals surface area contributed by atoms with Gasteiger partial charge < -0.3 is 10.4 Å². The Kier molecular flexibility index (Phi) is 5.55. The van der Waals surface area contributed by atoms with Crippen LogP contribution in [-0.4, -0.2) is 54.7 Å². The number of rotatable bonds is 7. The Morgan fingerprint density at radius 1 is 1.56 bits per heavy atom. The van der Waals surface area contributed by atoms with Crippen molar-refractivity contribution in [3.05, 3.63) is 0 Å². The Morgan fingerprint density at radius 2 is 2.22 bits per heavy atom. The number of hydrogen-bond acceptors (Lipinski definition) is 4. The summed E-state index contributed by atoms with van der Waals surface area (Å²) in [6, 6.07) is -0.604. The molecule has 0 aromatic rings. The number of nitrogens with one attached hydrogen (secondary N) is 1. The number of carbonyl (C=O) groups is 1. The van der Waals surface area contributed by atoms with Gasteiger partial charge in [-0.05, 0) is 26.2 Å². The van der Waals surface area contributed by atoms with Crippen molar-refractivity contribution in [1.29, 1.82) is 0 Å². The highest BCUT2D eigenvalue weighted by molar-refractivity contribution is 7.89. The second kappa shape index (κ2) is 6.49. The Hall–Kier alpha value is -0.660. The summed E-state index contributed by atoms with van der Waals surface area (Å²) >= 11 is 0. The summed E-state index contributed by atoms with van der Waals surface area (Å²) in [5, 5.41) is 12.1. The molecule has 0 aliphatic carbocycles. The lowest BCUT2D eigenvalue weighted by Crippen LogP contribution is -2.43. The predicted octanol–water partition coefficient (Wildman–Crippen LogP) is 0.253. The second-order valence-corrected chi connectivity index (χ2v) is 6.73. The van der Waals surface area contributed by atoms with Gasteiger partial charge in [0.25, 0.3) is 0 Å². The van der Waals surface area contributed by atoms with E-state index >= 15 is 0 Å². The standard InChI is InChI=1S/C11H22N2O4S/c1-3-9(2)12-6-8-18(16,17)13-7-4-5-10(13)11(14)15/h9-10,12H,3-8H2,1-2H3,(H,14,15). The van der Waals surface area contributed by atoms with E-state index in [1.807, 2.05) is 13.8 Å². The van der Waals surface area contributed by atoms with Crippen LogP contribution < -0.4 is 5.32 Å². The van der Waals surface area contributed by atoms with Crippen molar-refractivity contribution in [2.24, 2.45) is 0 Å². The summed E-state index contributed by atoms with van der Waals surface area (Å²) in [6.07, 6.45) is 1.96. The SMILES string of the molecule is CCC(C)NCCS(=O)(=O)N1CCCC1C(=O)O. The summed E-state index contributed by atoms with van der Waals surface area (Å²) in [7, 11) is -3.47. The molecule has 2 atom stereocenters. The third kappa shape index (κ3) is 3.93. The monoisotopic (exact) mass is 278 g/mol. The summed E-state index contributed by atoms with van der Waals surface area (Å²) in [6.45, 7) is 4.69. The molecule has 0 saturated carbocycles. The maximum absolute atomic E-state index is 12.0. The number of carboxylic acid groups (broad SMARTS) is 1. The van der Waals surface area contributed by atoms with Gasteiger partial charge in [-0.15, -0.1) is 0 Å². The van der Waals surface area contributed by atoms with E-state index in [4.69, 9.17) is 5.11 Å². The first-order valence-electron chi connectivity index (χ1n) is 6.34. The Balaban J connectivity index is 2.55. The Bertz CT molecular complexity index is 383. The minimum atomic E-state index is -3.47. The van der Waals surface area contributed by atoms with Gasteiger partial charge in [0.2, 0.25) is 10.0 Å². The van der Waals surface area contributed by atoms with Crippen molar-refractivity contribution < 1.29 is 18.3 Å². The summed E-state index contributed by atoms with van der Waals surface area (Å²) in [5.74, 6) is -1.09. The molecule has 6 nitrogen and oxygen atoms in total. The quantitative estimate of drug-likeness (QED) is 0.697. The molecule has 2 unspecified atom stereocenters. The topological polar surface area (TPSA) is 86.7 Å². The summed E-state index contributed by atoms with van der Waals surface area (Å²) in [5.41, 5.74) is 0. The van der Waals surface area contributed by atoms with Gasteiger partial charge in [-0.1, -0.05) is 6.92 Å². The highest BCUT2D eigenvalue weighted by Gasteiger charge is 2.38. The molecule has 7 heteroatoms. The molecule has 0 amide bonds. The minimum absolute atomic E-state index is 0.0406. The smallest absolute Gasteiger partial charge is 0.322 e. The first-order chi connectivity index (χ1) is 8.38. The van der Waals surface area contributed by atoms with E-state index in [-0.39, 0.29) is 11.8 Å². The van der Waals surface area contributed by atoms with Gasteiger partial charge in [-0.2, -0.15) is 4.31 Å². The molecule has 0 aromatic carbocycles. The molecule has 0 radical (unpaired) electrons. The van der Waals surface area contributed by atoms with Crippen LogP contribution in [0.5, 0.6) is 0 Å². The van der Waals surface area contributed by atoms with E-state index in [1.165, 1.54) is 0 Å². The molecule has 0 aromatic heterocycles. The molecule has 0 bridgehead atoms. The minimum Gasteiger partial charge on any atom is -0.480 e. The number of hydrogen-bond donors (Lipinski definition) is 2. The summed E-state index contributed by atoms with van der Waals surface area (Å²) in [4.78, 5) is 11.0. The van der Waals surface area contributed by atoms with E-state index in [1.54, 1.807) is 0 Å². The van der Waals surface area contributed by atoms with Gasteiger partial charge in [0.05, 0.1) is 5.75 Å². The fraction of sp³-hybridized carbons (Fsp3) is 0.909. The normalized spacial score (nSPS) is 23.1. The maximum Gasteiger partial charge on any atom is 0.322 e. The largest absolute Gasteiger partial charge is 0.480 e. The highest BCUT2D eigenvalue weighted by Crippen LogP contribution is 2.21. The third-order valence-electron chi connectivity index (χ3n) is 3.31. The Morgan fingerprint density at radius 3 is 2.78 bits per heavy atom. The van der Waals surface area contributed by atoms with Crippen LogP contribution in [0.4, 0.5) is 0 Å². The van der Waals surface area contributed by atoms with E-state index in [9.17, 15) is 13.2 Å². The zero-order chi connectivity index (χ0) is 13.8. The van der Waals surface area contributed by atoms with Gasteiger partial charge in [0, 0.05) is 19.1 Å². The maximum atomic E-state index is 12.0. The van der Waals surface area contributed by atoms with Crippen LogP contribution in [0.3, 0.4) is 0 Å². The molecular formula is C11H22N2O4S. The van der Waals surface area contributed by atoms with E-state index < -0.39 is 22.0 Å². The number of sulfonamides is 1. The van der Waals surface area contributed by atoms with Gasteiger partial charge in [-0.3, -0.25) is 4.79 Å². The first-order valence-corrected chi connectivity index (χ1v) is 7.95. The van der Waals surface area contributed by atoms with Crippen molar-refractivity contribution in [1.82, 2.24) is 9.62 Å². The van der Waals surface area contributed by atoms with Crippen LogP contribution in [-0.2, 0) is 14.8 Å². The molecule has 1 saturated heterocycles. The van der Waals surface area contributed by atoms with Crippen LogP contribution in [0.25, 0.3) is 0 Å². The lowest BCUT2D eigenvalue weighted by atomic mass is 10.2. The van der Waals surface area contributed by atoms with Crippen LogP contribution in [0.2, 0.25) is 0 Å². The zero-order valence-electron chi connectivity index (χ0n) is 10.9. The highest BCUT2D eigenvalue weighted by atomic mass is 32.2. The van der Waals surface area contributed by atoms with Crippen LogP contribution in [0.1, 0.15) is 33.1 Å².